The van der Waals surface area contributed by atoms with Crippen molar-refractivity contribution in [2.24, 2.45) is 0 Å². The average molecular weight is 155 g/mol. The lowest BCUT2D eigenvalue weighted by molar-refractivity contribution is 0.0389. The minimum Gasteiger partial charge on any atom is -0.462 e. The predicted octanol–water partition coefficient (Wildman–Crippen LogP) is 0.0421. The van der Waals surface area contributed by atoms with E-state index in [-0.39, 0.29) is 0 Å². The van der Waals surface area contributed by atoms with Crippen molar-refractivity contribution in [1.82, 2.24) is 4.90 Å². The summed E-state index contributed by atoms with van der Waals surface area (Å²) in [4.78, 5) is 2.29. The molecule has 62 valence electrons. The van der Waals surface area contributed by atoms with Gasteiger partial charge in [0.05, 0.1) is 13.2 Å². The van der Waals surface area contributed by atoms with Crippen LogP contribution in [0.4, 0.5) is 0 Å². The molecular weight excluding hydrogens is 142 g/mol. The number of hydrogen-bond acceptors (Lipinski definition) is 3. The molecule has 1 fully saturated rings. The third-order valence-electron chi connectivity index (χ3n) is 1.74. The molecule has 0 spiro atoms. The van der Waals surface area contributed by atoms with Crippen LogP contribution in [-0.4, -0.2) is 42.9 Å². The summed E-state index contributed by atoms with van der Waals surface area (Å²) in [6.07, 6.45) is 2.65. The third kappa shape index (κ3) is 3.26. The van der Waals surface area contributed by atoms with Gasteiger partial charge in [-0.1, -0.05) is 5.92 Å². The first-order chi connectivity index (χ1) is 5.43. The fourth-order valence-electron chi connectivity index (χ4n) is 1.09. The van der Waals surface area contributed by atoms with Gasteiger partial charge in [0.25, 0.3) is 0 Å². The Bertz CT molecular complexity index is 153. The molecule has 0 aromatic carbocycles. The monoisotopic (exact) mass is 155 g/mol. The minimum atomic E-state index is 0.747. The Hall–Kier alpha value is -0.720. The van der Waals surface area contributed by atoms with Crippen molar-refractivity contribution in [2.45, 2.75) is 6.42 Å². The average Bonchev–Trinajstić information content (AvgIpc) is 2.07. The highest BCUT2D eigenvalue weighted by Crippen LogP contribution is 1.96. The van der Waals surface area contributed by atoms with E-state index in [1.165, 1.54) is 0 Å². The van der Waals surface area contributed by atoms with Gasteiger partial charge in [0.2, 0.25) is 0 Å². The van der Waals surface area contributed by atoms with Crippen molar-refractivity contribution in [2.75, 3.05) is 32.8 Å². The Labute approximate surface area is 67.0 Å². The molecule has 11 heavy (non-hydrogen) atoms. The Kier molecular flexibility index (Phi) is 3.81. The fourth-order valence-corrected chi connectivity index (χ4v) is 1.09. The summed E-state index contributed by atoms with van der Waals surface area (Å²) >= 11 is 0. The minimum absolute atomic E-state index is 0.747. The zero-order chi connectivity index (χ0) is 7.94. The summed E-state index contributed by atoms with van der Waals surface area (Å²) in [5, 5.41) is 8.19. The van der Waals surface area contributed by atoms with E-state index in [0.29, 0.717) is 0 Å². The number of morpholine rings is 1. The van der Waals surface area contributed by atoms with Crippen molar-refractivity contribution >= 4 is 0 Å². The van der Waals surface area contributed by atoms with Crippen LogP contribution in [0.3, 0.4) is 0 Å². The Morgan fingerprint density at radius 1 is 1.36 bits per heavy atom. The summed E-state index contributed by atoms with van der Waals surface area (Å²) in [5.74, 6) is 2.62. The lowest BCUT2D eigenvalue weighted by Gasteiger charge is -2.25. The largest absolute Gasteiger partial charge is 0.462 e. The van der Waals surface area contributed by atoms with Crippen LogP contribution in [0.15, 0.2) is 0 Å². The van der Waals surface area contributed by atoms with Crippen molar-refractivity contribution in [3.63, 3.8) is 0 Å². The highest BCUT2D eigenvalue weighted by atomic mass is 16.5. The maximum Gasteiger partial charge on any atom is 0.107 e. The molecule has 0 bridgehead atoms. The fraction of sp³-hybridized carbons (Fsp3) is 0.750. The van der Waals surface area contributed by atoms with Crippen LogP contribution >= 0.6 is 0 Å². The van der Waals surface area contributed by atoms with Gasteiger partial charge in [-0.05, 0) is 0 Å². The molecule has 0 atom stereocenters. The molecule has 0 aromatic heterocycles. The second kappa shape index (κ2) is 5.00. The molecule has 1 saturated heterocycles. The summed E-state index contributed by atoms with van der Waals surface area (Å²) in [5.41, 5.74) is 0. The van der Waals surface area contributed by atoms with Crippen LogP contribution in [0.5, 0.6) is 0 Å². The van der Waals surface area contributed by atoms with Gasteiger partial charge in [0, 0.05) is 26.1 Å². The molecule has 1 aliphatic rings. The van der Waals surface area contributed by atoms with Crippen molar-refractivity contribution < 1.29 is 9.84 Å². The van der Waals surface area contributed by atoms with Crippen LogP contribution in [-0.2, 0) is 4.74 Å². The topological polar surface area (TPSA) is 32.7 Å². The van der Waals surface area contributed by atoms with Gasteiger partial charge in [-0.25, -0.2) is 0 Å². The number of ether oxygens (including phenoxy) is 1. The SMILES string of the molecule is OC#CCCN1CCOCC1. The van der Waals surface area contributed by atoms with Crippen LogP contribution in [0.25, 0.3) is 0 Å². The van der Waals surface area contributed by atoms with Crippen LogP contribution in [0, 0.1) is 12.0 Å². The maximum atomic E-state index is 8.19. The van der Waals surface area contributed by atoms with Crippen molar-refractivity contribution in [3.05, 3.63) is 0 Å². The predicted molar refractivity (Wildman–Crippen MR) is 41.6 cm³/mol. The Balaban J connectivity index is 2.08. The molecular formula is C8H13NO2. The maximum absolute atomic E-state index is 8.19. The van der Waals surface area contributed by atoms with E-state index in [4.69, 9.17) is 9.84 Å². The molecule has 0 radical (unpaired) electrons. The van der Waals surface area contributed by atoms with Gasteiger partial charge < -0.3 is 9.84 Å². The zero-order valence-electron chi connectivity index (χ0n) is 6.55. The van der Waals surface area contributed by atoms with Crippen molar-refractivity contribution in [1.29, 1.82) is 0 Å². The third-order valence-corrected chi connectivity index (χ3v) is 1.74. The van der Waals surface area contributed by atoms with E-state index in [1.807, 2.05) is 6.11 Å². The second-order valence-corrected chi connectivity index (χ2v) is 2.49. The summed E-state index contributed by atoms with van der Waals surface area (Å²) < 4.78 is 5.18. The summed E-state index contributed by atoms with van der Waals surface area (Å²) in [7, 11) is 0. The summed E-state index contributed by atoms with van der Waals surface area (Å²) in [6.45, 7) is 4.58. The van der Waals surface area contributed by atoms with Crippen molar-refractivity contribution in [3.8, 4) is 12.0 Å². The number of aliphatic hydroxyl groups excluding tert-OH is 1. The molecule has 0 saturated carbocycles. The van der Waals surface area contributed by atoms with Crippen LogP contribution in [0.2, 0.25) is 0 Å². The Morgan fingerprint density at radius 3 is 2.73 bits per heavy atom. The molecule has 0 amide bonds. The highest BCUT2D eigenvalue weighted by molar-refractivity contribution is 4.90. The standard InChI is InChI=1S/C8H13NO2/c10-6-2-1-3-9-4-7-11-8-5-9/h10H,1,3-5,7-8H2. The molecule has 3 nitrogen and oxygen atoms in total. The molecule has 0 aliphatic carbocycles. The van der Waals surface area contributed by atoms with Gasteiger partial charge >= 0.3 is 0 Å². The van der Waals surface area contributed by atoms with Crippen LogP contribution < -0.4 is 0 Å². The normalized spacial score (nSPS) is 18.9. The second-order valence-electron chi connectivity index (χ2n) is 2.49. The van der Waals surface area contributed by atoms with Gasteiger partial charge in [-0.2, -0.15) is 0 Å². The van der Waals surface area contributed by atoms with E-state index in [1.54, 1.807) is 0 Å². The first-order valence-electron chi connectivity index (χ1n) is 3.85. The lowest BCUT2D eigenvalue weighted by atomic mass is 10.3. The molecule has 1 rings (SSSR count). The van der Waals surface area contributed by atoms with E-state index >= 15 is 0 Å². The molecule has 0 unspecified atom stereocenters. The lowest BCUT2D eigenvalue weighted by Crippen LogP contribution is -2.36. The molecule has 1 N–H and O–H groups in total. The van der Waals surface area contributed by atoms with Crippen LogP contribution in [0.1, 0.15) is 6.42 Å². The molecule has 3 heteroatoms. The molecule has 1 heterocycles. The van der Waals surface area contributed by atoms with E-state index in [9.17, 15) is 0 Å². The van der Waals surface area contributed by atoms with Gasteiger partial charge in [0.15, 0.2) is 0 Å². The number of hydrogen-bond donors (Lipinski definition) is 1. The number of rotatable bonds is 2. The van der Waals surface area contributed by atoms with E-state index in [2.05, 4.69) is 10.8 Å². The number of aliphatic hydroxyl groups is 1. The summed E-state index contributed by atoms with van der Waals surface area (Å²) in [6, 6.07) is 0. The molecule has 1 aliphatic heterocycles. The smallest absolute Gasteiger partial charge is 0.107 e. The van der Waals surface area contributed by atoms with Gasteiger partial charge in [-0.3, -0.25) is 4.90 Å². The van der Waals surface area contributed by atoms with Gasteiger partial charge in [-0.15, -0.1) is 0 Å². The number of nitrogens with zero attached hydrogens (tertiary/aromatic N) is 1. The quantitative estimate of drug-likeness (QED) is 0.572. The van der Waals surface area contributed by atoms with Gasteiger partial charge in [0.1, 0.15) is 6.11 Å². The zero-order valence-corrected chi connectivity index (χ0v) is 6.55. The highest BCUT2D eigenvalue weighted by Gasteiger charge is 2.07. The first kappa shape index (κ1) is 8.38. The first-order valence-corrected chi connectivity index (χ1v) is 3.85. The molecule has 0 aromatic rings. The van der Waals surface area contributed by atoms with E-state index < -0.39 is 0 Å². The Morgan fingerprint density at radius 2 is 2.09 bits per heavy atom. The van der Waals surface area contributed by atoms with E-state index in [0.717, 1.165) is 39.3 Å².